The minimum Gasteiger partial charge on any atom is -0.478 e. The number of hydrogen-bond acceptors (Lipinski definition) is 5. The van der Waals surface area contributed by atoms with Gasteiger partial charge in [-0.1, -0.05) is 20.8 Å². The van der Waals surface area contributed by atoms with Gasteiger partial charge in [-0.05, 0) is 18.8 Å². The first-order valence-electron chi connectivity index (χ1n) is 6.99. The van der Waals surface area contributed by atoms with Crippen molar-refractivity contribution in [2.75, 3.05) is 31.7 Å². The van der Waals surface area contributed by atoms with Gasteiger partial charge in [-0.15, -0.1) is 0 Å². The van der Waals surface area contributed by atoms with Gasteiger partial charge in [0.1, 0.15) is 0 Å². The van der Waals surface area contributed by atoms with Crippen LogP contribution in [0.3, 0.4) is 0 Å². The molecule has 0 atom stereocenters. The molecule has 1 aromatic heterocycles. The molecule has 0 radical (unpaired) electrons. The van der Waals surface area contributed by atoms with E-state index < -0.39 is 0 Å². The van der Waals surface area contributed by atoms with E-state index in [1.807, 2.05) is 0 Å². The molecule has 1 aromatic rings. The van der Waals surface area contributed by atoms with Crippen LogP contribution >= 0.6 is 0 Å². The van der Waals surface area contributed by atoms with Gasteiger partial charge in [0, 0.05) is 32.0 Å². The molecule has 0 bridgehead atoms. The van der Waals surface area contributed by atoms with E-state index in [0.29, 0.717) is 24.4 Å². The Labute approximate surface area is 115 Å². The van der Waals surface area contributed by atoms with Gasteiger partial charge in [0.05, 0.1) is 6.61 Å². The molecule has 0 aromatic carbocycles. The molecule has 0 amide bonds. The van der Waals surface area contributed by atoms with Crippen molar-refractivity contribution in [3.05, 3.63) is 12.3 Å². The Hall–Kier alpha value is -1.36. The second-order valence-corrected chi connectivity index (χ2v) is 4.82. The summed E-state index contributed by atoms with van der Waals surface area (Å²) >= 11 is 0. The van der Waals surface area contributed by atoms with Gasteiger partial charge in [-0.25, -0.2) is 4.98 Å². The summed E-state index contributed by atoms with van der Waals surface area (Å²) in [6.45, 7) is 9.42. The van der Waals surface area contributed by atoms with E-state index in [2.05, 4.69) is 36.1 Å². The number of ether oxygens (including phenoxy) is 2. The zero-order valence-corrected chi connectivity index (χ0v) is 12.2. The van der Waals surface area contributed by atoms with Crippen LogP contribution in [-0.4, -0.2) is 36.3 Å². The van der Waals surface area contributed by atoms with E-state index in [1.54, 1.807) is 12.3 Å². The summed E-state index contributed by atoms with van der Waals surface area (Å²) in [4.78, 5) is 8.42. The minimum atomic E-state index is 0.587. The number of aromatic nitrogens is 2. The molecule has 5 heteroatoms. The van der Waals surface area contributed by atoms with Crippen molar-refractivity contribution in [2.24, 2.45) is 5.92 Å². The van der Waals surface area contributed by atoms with Crippen molar-refractivity contribution in [1.29, 1.82) is 0 Å². The van der Waals surface area contributed by atoms with Crippen LogP contribution in [0.4, 0.5) is 5.95 Å². The van der Waals surface area contributed by atoms with Crippen LogP contribution in [0.5, 0.6) is 5.88 Å². The molecule has 1 heterocycles. The molecule has 0 aliphatic heterocycles. The first-order chi connectivity index (χ1) is 9.22. The smallest absolute Gasteiger partial charge is 0.225 e. The molecule has 1 N–H and O–H groups in total. The standard InChI is InChI=1S/C14H25N3O2/c1-4-9-19-13-6-8-16-14(17-13)15-7-5-10-18-11-12(2)3/h6,8,12H,4-5,7,9-11H2,1-3H3,(H,15,16,17). The number of rotatable bonds is 10. The minimum absolute atomic E-state index is 0.587. The van der Waals surface area contributed by atoms with E-state index in [1.165, 1.54) is 0 Å². The lowest BCUT2D eigenvalue weighted by atomic mass is 10.2. The second kappa shape index (κ2) is 9.55. The van der Waals surface area contributed by atoms with E-state index in [-0.39, 0.29) is 0 Å². The highest BCUT2D eigenvalue weighted by atomic mass is 16.5. The summed E-state index contributed by atoms with van der Waals surface area (Å²) in [5, 5.41) is 3.17. The molecule has 0 aliphatic rings. The van der Waals surface area contributed by atoms with Crippen molar-refractivity contribution in [2.45, 2.75) is 33.6 Å². The maximum absolute atomic E-state index is 5.50. The molecule has 108 valence electrons. The summed E-state index contributed by atoms with van der Waals surface area (Å²) < 4.78 is 11.0. The Morgan fingerprint density at radius 1 is 1.32 bits per heavy atom. The summed E-state index contributed by atoms with van der Waals surface area (Å²) in [6, 6.07) is 1.77. The number of hydrogen-bond donors (Lipinski definition) is 1. The highest BCUT2D eigenvalue weighted by Crippen LogP contribution is 2.08. The molecule has 1 rings (SSSR count). The van der Waals surface area contributed by atoms with Crippen LogP contribution in [-0.2, 0) is 4.74 Å². The van der Waals surface area contributed by atoms with E-state index in [9.17, 15) is 0 Å². The summed E-state index contributed by atoms with van der Waals surface area (Å²) in [5.74, 6) is 1.82. The third-order valence-corrected chi connectivity index (χ3v) is 2.28. The average Bonchev–Trinajstić information content (AvgIpc) is 2.40. The summed E-state index contributed by atoms with van der Waals surface area (Å²) in [7, 11) is 0. The average molecular weight is 267 g/mol. The monoisotopic (exact) mass is 267 g/mol. The van der Waals surface area contributed by atoms with Crippen LogP contribution in [0.15, 0.2) is 12.3 Å². The Morgan fingerprint density at radius 3 is 2.89 bits per heavy atom. The maximum atomic E-state index is 5.50. The molecular formula is C14H25N3O2. The number of nitrogens with zero attached hydrogens (tertiary/aromatic N) is 2. The zero-order chi connectivity index (χ0) is 13.9. The third-order valence-electron chi connectivity index (χ3n) is 2.28. The van der Waals surface area contributed by atoms with Gasteiger partial charge in [0.25, 0.3) is 0 Å². The lowest BCUT2D eigenvalue weighted by Crippen LogP contribution is -2.10. The Morgan fingerprint density at radius 2 is 2.16 bits per heavy atom. The first-order valence-corrected chi connectivity index (χ1v) is 6.99. The van der Waals surface area contributed by atoms with Crippen molar-refractivity contribution >= 4 is 5.95 Å². The van der Waals surface area contributed by atoms with Gasteiger partial charge >= 0.3 is 0 Å². The molecule has 0 saturated carbocycles. The quantitative estimate of drug-likeness (QED) is 0.661. The van der Waals surface area contributed by atoms with Crippen molar-refractivity contribution in [3.8, 4) is 5.88 Å². The van der Waals surface area contributed by atoms with E-state index >= 15 is 0 Å². The number of nitrogens with one attached hydrogen (secondary N) is 1. The normalized spacial score (nSPS) is 10.7. The van der Waals surface area contributed by atoms with Crippen LogP contribution in [0.1, 0.15) is 33.6 Å². The Kier molecular flexibility index (Phi) is 7.89. The summed E-state index contributed by atoms with van der Waals surface area (Å²) in [6.07, 6.45) is 3.62. The third kappa shape index (κ3) is 7.62. The highest BCUT2D eigenvalue weighted by Gasteiger charge is 1.99. The lowest BCUT2D eigenvalue weighted by Gasteiger charge is -2.08. The van der Waals surface area contributed by atoms with Gasteiger partial charge in [-0.2, -0.15) is 4.98 Å². The molecule has 19 heavy (non-hydrogen) atoms. The first kappa shape index (κ1) is 15.7. The van der Waals surface area contributed by atoms with Crippen LogP contribution in [0, 0.1) is 5.92 Å². The predicted octanol–water partition coefficient (Wildman–Crippen LogP) is 2.74. The molecule has 0 spiro atoms. The molecule has 0 aliphatic carbocycles. The second-order valence-electron chi connectivity index (χ2n) is 4.82. The van der Waals surface area contributed by atoms with E-state index in [0.717, 1.165) is 32.6 Å². The molecule has 0 saturated heterocycles. The fourth-order valence-electron chi connectivity index (χ4n) is 1.41. The largest absolute Gasteiger partial charge is 0.478 e. The van der Waals surface area contributed by atoms with Crippen LogP contribution < -0.4 is 10.1 Å². The van der Waals surface area contributed by atoms with Crippen LogP contribution in [0.2, 0.25) is 0 Å². The number of anilines is 1. The van der Waals surface area contributed by atoms with Gasteiger partial charge in [0.15, 0.2) is 0 Å². The highest BCUT2D eigenvalue weighted by molar-refractivity contribution is 5.27. The topological polar surface area (TPSA) is 56.3 Å². The SMILES string of the molecule is CCCOc1ccnc(NCCCOCC(C)C)n1. The van der Waals surface area contributed by atoms with Crippen LogP contribution in [0.25, 0.3) is 0 Å². The fourth-order valence-corrected chi connectivity index (χ4v) is 1.41. The Balaban J connectivity index is 2.18. The zero-order valence-electron chi connectivity index (χ0n) is 12.2. The van der Waals surface area contributed by atoms with Gasteiger partial charge < -0.3 is 14.8 Å². The van der Waals surface area contributed by atoms with Gasteiger partial charge in [-0.3, -0.25) is 0 Å². The molecule has 5 nitrogen and oxygen atoms in total. The molecule has 0 unspecified atom stereocenters. The lowest BCUT2D eigenvalue weighted by molar-refractivity contribution is 0.110. The van der Waals surface area contributed by atoms with Crippen molar-refractivity contribution < 1.29 is 9.47 Å². The molecular weight excluding hydrogens is 242 g/mol. The maximum Gasteiger partial charge on any atom is 0.225 e. The fraction of sp³-hybridized carbons (Fsp3) is 0.714. The Bertz CT molecular complexity index is 345. The molecule has 0 fully saturated rings. The van der Waals surface area contributed by atoms with E-state index in [4.69, 9.17) is 9.47 Å². The summed E-state index contributed by atoms with van der Waals surface area (Å²) in [5.41, 5.74) is 0. The van der Waals surface area contributed by atoms with Crippen molar-refractivity contribution in [1.82, 2.24) is 9.97 Å². The van der Waals surface area contributed by atoms with Gasteiger partial charge in [0.2, 0.25) is 11.8 Å². The predicted molar refractivity (Wildman–Crippen MR) is 76.6 cm³/mol. The van der Waals surface area contributed by atoms with Crippen molar-refractivity contribution in [3.63, 3.8) is 0 Å².